The van der Waals surface area contributed by atoms with E-state index in [-0.39, 0.29) is 5.91 Å². The SMILES string of the molecule is CCC(C)CN(C)C(=O)CCS. The summed E-state index contributed by atoms with van der Waals surface area (Å²) in [5.41, 5.74) is 0. The molecular weight excluding hydrogens is 170 g/mol. The van der Waals surface area contributed by atoms with Gasteiger partial charge < -0.3 is 4.90 Å². The minimum absolute atomic E-state index is 0.199. The van der Waals surface area contributed by atoms with Crippen LogP contribution in [0, 0.1) is 5.92 Å². The molecule has 0 saturated heterocycles. The average Bonchev–Trinajstić information content (AvgIpc) is 2.04. The van der Waals surface area contributed by atoms with Crippen LogP contribution in [-0.2, 0) is 4.79 Å². The van der Waals surface area contributed by atoms with E-state index >= 15 is 0 Å². The van der Waals surface area contributed by atoms with Gasteiger partial charge in [-0.1, -0.05) is 20.3 Å². The molecule has 0 aliphatic rings. The van der Waals surface area contributed by atoms with Gasteiger partial charge in [0.2, 0.25) is 5.91 Å². The zero-order valence-electron chi connectivity index (χ0n) is 8.21. The monoisotopic (exact) mass is 189 g/mol. The number of hydrogen-bond donors (Lipinski definition) is 1. The van der Waals surface area contributed by atoms with Crippen LogP contribution >= 0.6 is 12.6 Å². The van der Waals surface area contributed by atoms with Gasteiger partial charge in [-0.25, -0.2) is 0 Å². The quantitative estimate of drug-likeness (QED) is 0.654. The van der Waals surface area contributed by atoms with Gasteiger partial charge in [0.25, 0.3) is 0 Å². The van der Waals surface area contributed by atoms with Gasteiger partial charge in [0.1, 0.15) is 0 Å². The molecule has 0 fully saturated rings. The highest BCUT2D eigenvalue weighted by atomic mass is 32.1. The predicted molar refractivity (Wildman–Crippen MR) is 55.6 cm³/mol. The van der Waals surface area contributed by atoms with Crippen LogP contribution in [-0.4, -0.2) is 30.2 Å². The van der Waals surface area contributed by atoms with Crippen LogP contribution in [0.15, 0.2) is 0 Å². The van der Waals surface area contributed by atoms with Crippen molar-refractivity contribution in [3.05, 3.63) is 0 Å². The molecule has 1 unspecified atom stereocenters. The molecule has 0 aromatic carbocycles. The van der Waals surface area contributed by atoms with Crippen LogP contribution in [0.5, 0.6) is 0 Å². The van der Waals surface area contributed by atoms with Gasteiger partial charge in [0, 0.05) is 20.0 Å². The molecule has 72 valence electrons. The van der Waals surface area contributed by atoms with E-state index in [9.17, 15) is 4.79 Å². The Morgan fingerprint density at radius 1 is 1.58 bits per heavy atom. The normalized spacial score (nSPS) is 12.7. The molecule has 0 saturated carbocycles. The fourth-order valence-corrected chi connectivity index (χ4v) is 1.18. The molecule has 0 aliphatic heterocycles. The molecule has 2 nitrogen and oxygen atoms in total. The summed E-state index contributed by atoms with van der Waals surface area (Å²) < 4.78 is 0. The Labute approximate surface area is 80.7 Å². The summed E-state index contributed by atoms with van der Waals surface area (Å²) in [5, 5.41) is 0. The van der Waals surface area contributed by atoms with Gasteiger partial charge in [-0.3, -0.25) is 4.79 Å². The first-order chi connectivity index (χ1) is 5.61. The number of carbonyl (C=O) groups excluding carboxylic acids is 1. The first-order valence-electron chi connectivity index (χ1n) is 4.46. The first kappa shape index (κ1) is 11.8. The fourth-order valence-electron chi connectivity index (χ4n) is 0.985. The molecule has 0 aromatic rings. The van der Waals surface area contributed by atoms with Crippen molar-refractivity contribution in [2.24, 2.45) is 5.92 Å². The third-order valence-corrected chi connectivity index (χ3v) is 2.26. The predicted octanol–water partition coefficient (Wildman–Crippen LogP) is 1.81. The van der Waals surface area contributed by atoms with Crippen molar-refractivity contribution < 1.29 is 4.79 Å². The van der Waals surface area contributed by atoms with Gasteiger partial charge in [-0.2, -0.15) is 12.6 Å². The Morgan fingerprint density at radius 2 is 2.17 bits per heavy atom. The van der Waals surface area contributed by atoms with Crippen LogP contribution < -0.4 is 0 Å². The largest absolute Gasteiger partial charge is 0.345 e. The molecule has 0 N–H and O–H groups in total. The van der Waals surface area contributed by atoms with E-state index in [1.54, 1.807) is 4.90 Å². The standard InChI is InChI=1S/C9H19NOS/c1-4-8(2)7-10(3)9(11)5-6-12/h8,12H,4-7H2,1-3H3. The smallest absolute Gasteiger partial charge is 0.223 e. The highest BCUT2D eigenvalue weighted by Crippen LogP contribution is 2.03. The Kier molecular flexibility index (Phi) is 6.25. The molecule has 0 aliphatic carbocycles. The molecule has 0 radical (unpaired) electrons. The lowest BCUT2D eigenvalue weighted by molar-refractivity contribution is -0.129. The van der Waals surface area contributed by atoms with E-state index in [1.807, 2.05) is 7.05 Å². The van der Waals surface area contributed by atoms with Crippen LogP contribution in [0.25, 0.3) is 0 Å². The maximum absolute atomic E-state index is 11.3. The number of nitrogens with zero attached hydrogens (tertiary/aromatic N) is 1. The zero-order chi connectivity index (χ0) is 9.56. The van der Waals surface area contributed by atoms with E-state index in [4.69, 9.17) is 0 Å². The maximum atomic E-state index is 11.3. The van der Waals surface area contributed by atoms with E-state index in [2.05, 4.69) is 26.5 Å². The molecule has 0 aromatic heterocycles. The summed E-state index contributed by atoms with van der Waals surface area (Å²) in [7, 11) is 1.86. The van der Waals surface area contributed by atoms with Crippen molar-refractivity contribution in [2.75, 3.05) is 19.3 Å². The number of hydrogen-bond acceptors (Lipinski definition) is 2. The minimum atomic E-state index is 0.199. The lowest BCUT2D eigenvalue weighted by Gasteiger charge is -2.20. The second-order valence-corrected chi connectivity index (χ2v) is 3.71. The van der Waals surface area contributed by atoms with Crippen LogP contribution in [0.3, 0.4) is 0 Å². The second-order valence-electron chi connectivity index (χ2n) is 3.26. The van der Waals surface area contributed by atoms with Crippen molar-refractivity contribution in [2.45, 2.75) is 26.7 Å². The van der Waals surface area contributed by atoms with Crippen molar-refractivity contribution in [3.63, 3.8) is 0 Å². The van der Waals surface area contributed by atoms with Gasteiger partial charge in [0.05, 0.1) is 0 Å². The number of carbonyl (C=O) groups is 1. The highest BCUT2D eigenvalue weighted by Gasteiger charge is 2.09. The molecule has 0 heterocycles. The number of amides is 1. The second kappa shape index (κ2) is 6.35. The van der Waals surface area contributed by atoms with E-state index < -0.39 is 0 Å². The summed E-state index contributed by atoms with van der Waals surface area (Å²) in [6.45, 7) is 5.16. The van der Waals surface area contributed by atoms with E-state index in [1.165, 1.54) is 0 Å². The molecule has 12 heavy (non-hydrogen) atoms. The third-order valence-electron chi connectivity index (χ3n) is 2.03. The fraction of sp³-hybridized carbons (Fsp3) is 0.889. The van der Waals surface area contributed by atoms with Crippen molar-refractivity contribution >= 4 is 18.5 Å². The Bertz CT molecular complexity index is 138. The summed E-state index contributed by atoms with van der Waals surface area (Å²) in [4.78, 5) is 13.1. The highest BCUT2D eigenvalue weighted by molar-refractivity contribution is 7.80. The van der Waals surface area contributed by atoms with Crippen LogP contribution in [0.4, 0.5) is 0 Å². The lowest BCUT2D eigenvalue weighted by atomic mass is 10.1. The van der Waals surface area contributed by atoms with E-state index in [0.717, 1.165) is 13.0 Å². The summed E-state index contributed by atoms with van der Waals surface area (Å²) >= 11 is 4.02. The summed E-state index contributed by atoms with van der Waals surface area (Å²) in [5.74, 6) is 1.44. The summed E-state index contributed by atoms with van der Waals surface area (Å²) in [6.07, 6.45) is 1.68. The number of rotatable bonds is 5. The Morgan fingerprint density at radius 3 is 2.58 bits per heavy atom. The molecule has 1 amide bonds. The van der Waals surface area contributed by atoms with Crippen LogP contribution in [0.1, 0.15) is 26.7 Å². The molecule has 1 atom stereocenters. The van der Waals surface area contributed by atoms with Crippen LogP contribution in [0.2, 0.25) is 0 Å². The molecule has 0 spiro atoms. The van der Waals surface area contributed by atoms with Gasteiger partial charge in [-0.05, 0) is 11.7 Å². The summed E-state index contributed by atoms with van der Waals surface area (Å²) in [6, 6.07) is 0. The van der Waals surface area contributed by atoms with Crippen molar-refractivity contribution in [1.29, 1.82) is 0 Å². The van der Waals surface area contributed by atoms with Crippen molar-refractivity contribution in [3.8, 4) is 0 Å². The number of thiol groups is 1. The van der Waals surface area contributed by atoms with Gasteiger partial charge >= 0.3 is 0 Å². The lowest BCUT2D eigenvalue weighted by Crippen LogP contribution is -2.30. The molecular formula is C9H19NOS. The first-order valence-corrected chi connectivity index (χ1v) is 5.09. The van der Waals surface area contributed by atoms with Gasteiger partial charge in [-0.15, -0.1) is 0 Å². The molecule has 0 rings (SSSR count). The average molecular weight is 189 g/mol. The third kappa shape index (κ3) is 4.65. The maximum Gasteiger partial charge on any atom is 0.223 e. The topological polar surface area (TPSA) is 20.3 Å². The van der Waals surface area contributed by atoms with Gasteiger partial charge in [0.15, 0.2) is 0 Å². The zero-order valence-corrected chi connectivity index (χ0v) is 9.10. The van der Waals surface area contributed by atoms with Crippen molar-refractivity contribution in [1.82, 2.24) is 4.90 Å². The Balaban J connectivity index is 3.70. The Hall–Kier alpha value is -0.180. The molecule has 3 heteroatoms. The minimum Gasteiger partial charge on any atom is -0.345 e. The molecule has 0 bridgehead atoms. The van der Waals surface area contributed by atoms with E-state index in [0.29, 0.717) is 18.1 Å².